The molecule has 0 radical (unpaired) electrons. The number of rotatable bonds is 3. The number of esters is 1. The maximum atomic E-state index is 12.7. The van der Waals surface area contributed by atoms with Gasteiger partial charge in [-0.05, 0) is 44.5 Å². The summed E-state index contributed by atoms with van der Waals surface area (Å²) >= 11 is 0. The molecule has 124 valence electrons. The lowest BCUT2D eigenvalue weighted by Crippen LogP contribution is -2.40. The van der Waals surface area contributed by atoms with E-state index in [2.05, 4.69) is 10.6 Å². The number of piperidine rings is 1. The summed E-state index contributed by atoms with van der Waals surface area (Å²) in [5.74, 6) is -0.226. The van der Waals surface area contributed by atoms with Gasteiger partial charge in [-0.2, -0.15) is 0 Å². The van der Waals surface area contributed by atoms with E-state index in [1.807, 2.05) is 6.92 Å². The molecule has 0 saturated carbocycles. The van der Waals surface area contributed by atoms with Gasteiger partial charge in [0.05, 0.1) is 18.8 Å². The molecule has 0 unspecified atom stereocenters. The predicted octanol–water partition coefficient (Wildman–Crippen LogP) is 1.57. The molecule has 2 N–H and O–H groups in total. The van der Waals surface area contributed by atoms with Gasteiger partial charge in [0, 0.05) is 18.2 Å². The lowest BCUT2D eigenvalue weighted by molar-refractivity contribution is -0.138. The molecule has 1 amide bonds. The number of nitrogens with one attached hydrogen (secondary N) is 2. The first-order chi connectivity index (χ1) is 11.0. The normalized spacial score (nSPS) is 29.7. The van der Waals surface area contributed by atoms with E-state index in [0.717, 1.165) is 19.5 Å². The smallest absolute Gasteiger partial charge is 0.337 e. The number of carbonyl (C=O) groups is 2. The van der Waals surface area contributed by atoms with Crippen LogP contribution in [0.15, 0.2) is 24.3 Å². The van der Waals surface area contributed by atoms with Crippen LogP contribution < -0.4 is 10.6 Å². The van der Waals surface area contributed by atoms with Crippen LogP contribution in [0.4, 0.5) is 5.69 Å². The molecule has 2 heterocycles. The molecular weight excluding hydrogens is 296 g/mol. The van der Waals surface area contributed by atoms with Crippen LogP contribution in [0.5, 0.6) is 0 Å². The van der Waals surface area contributed by atoms with Gasteiger partial charge in [-0.15, -0.1) is 0 Å². The van der Waals surface area contributed by atoms with Gasteiger partial charge in [0.25, 0.3) is 5.91 Å². The van der Waals surface area contributed by atoms with Crippen molar-refractivity contribution >= 4 is 17.6 Å². The fourth-order valence-electron chi connectivity index (χ4n) is 3.39. The Hall–Kier alpha value is -1.92. The summed E-state index contributed by atoms with van der Waals surface area (Å²) in [6.07, 6.45) is 1.78. The van der Waals surface area contributed by atoms with E-state index < -0.39 is 11.6 Å². The predicted molar refractivity (Wildman–Crippen MR) is 85.3 cm³/mol. The lowest BCUT2D eigenvalue weighted by atomic mass is 9.89. The summed E-state index contributed by atoms with van der Waals surface area (Å²) in [5.41, 5.74) is 0.138. The van der Waals surface area contributed by atoms with E-state index in [1.165, 1.54) is 7.11 Å². The molecule has 1 aromatic rings. The van der Waals surface area contributed by atoms with Crippen molar-refractivity contribution in [1.82, 2.24) is 5.32 Å². The maximum absolute atomic E-state index is 12.7. The molecule has 0 spiro atoms. The summed E-state index contributed by atoms with van der Waals surface area (Å²) in [4.78, 5) is 24.2. The van der Waals surface area contributed by atoms with Gasteiger partial charge in [0.1, 0.15) is 5.60 Å². The van der Waals surface area contributed by atoms with E-state index >= 15 is 0 Å². The number of methoxy groups -OCH3 is 1. The Bertz CT molecular complexity index is 602. The first-order valence-corrected chi connectivity index (χ1v) is 7.90. The van der Waals surface area contributed by atoms with Gasteiger partial charge < -0.3 is 20.1 Å². The van der Waals surface area contributed by atoms with E-state index in [4.69, 9.17) is 9.47 Å². The SMILES string of the molecule is COC(=O)c1cccc(NC(=O)[C@]2(C)C[C@H]3CNCC[C@H]3O2)c1. The van der Waals surface area contributed by atoms with Gasteiger partial charge in [-0.25, -0.2) is 4.79 Å². The number of anilines is 1. The third-order valence-corrected chi connectivity index (χ3v) is 4.62. The van der Waals surface area contributed by atoms with Crippen LogP contribution in [-0.2, 0) is 14.3 Å². The molecule has 0 bridgehead atoms. The number of fused-ring (bicyclic) bond motifs is 1. The minimum atomic E-state index is -0.831. The Kier molecular flexibility index (Phi) is 4.37. The lowest BCUT2D eigenvalue weighted by Gasteiger charge is -2.25. The average molecular weight is 318 g/mol. The third-order valence-electron chi connectivity index (χ3n) is 4.62. The molecule has 6 nitrogen and oxygen atoms in total. The summed E-state index contributed by atoms with van der Waals surface area (Å²) in [7, 11) is 1.33. The summed E-state index contributed by atoms with van der Waals surface area (Å²) in [6, 6.07) is 6.72. The maximum Gasteiger partial charge on any atom is 0.337 e. The van der Waals surface area contributed by atoms with Crippen LogP contribution in [0.3, 0.4) is 0 Å². The first-order valence-electron chi connectivity index (χ1n) is 7.90. The summed E-state index contributed by atoms with van der Waals surface area (Å²) in [5, 5.41) is 6.21. The van der Waals surface area contributed by atoms with Gasteiger partial charge >= 0.3 is 5.97 Å². The van der Waals surface area contributed by atoms with Crippen molar-refractivity contribution in [2.75, 3.05) is 25.5 Å². The van der Waals surface area contributed by atoms with E-state index in [0.29, 0.717) is 23.6 Å². The second-order valence-electron chi connectivity index (χ2n) is 6.37. The quantitative estimate of drug-likeness (QED) is 0.827. The van der Waals surface area contributed by atoms with Gasteiger partial charge in [-0.3, -0.25) is 4.79 Å². The minimum Gasteiger partial charge on any atom is -0.465 e. The largest absolute Gasteiger partial charge is 0.465 e. The number of benzene rings is 1. The monoisotopic (exact) mass is 318 g/mol. The van der Waals surface area contributed by atoms with Crippen molar-refractivity contribution in [1.29, 1.82) is 0 Å². The van der Waals surface area contributed by atoms with E-state index in [-0.39, 0.29) is 12.0 Å². The van der Waals surface area contributed by atoms with Crippen LogP contribution in [0.1, 0.15) is 30.1 Å². The zero-order valence-corrected chi connectivity index (χ0v) is 13.4. The Labute approximate surface area is 135 Å². The highest BCUT2D eigenvalue weighted by Gasteiger charge is 2.48. The molecule has 2 saturated heterocycles. The third kappa shape index (κ3) is 3.23. The number of amides is 1. The van der Waals surface area contributed by atoms with E-state index in [9.17, 15) is 9.59 Å². The molecular formula is C17H22N2O4. The van der Waals surface area contributed by atoms with Crippen LogP contribution in [0.2, 0.25) is 0 Å². The highest BCUT2D eigenvalue weighted by molar-refractivity contribution is 5.98. The van der Waals surface area contributed by atoms with Crippen molar-refractivity contribution in [3.63, 3.8) is 0 Å². The van der Waals surface area contributed by atoms with Crippen molar-refractivity contribution in [2.24, 2.45) is 5.92 Å². The molecule has 1 aromatic carbocycles. The molecule has 2 aliphatic rings. The van der Waals surface area contributed by atoms with Crippen molar-refractivity contribution < 1.29 is 19.1 Å². The molecule has 6 heteroatoms. The van der Waals surface area contributed by atoms with Crippen LogP contribution in [0.25, 0.3) is 0 Å². The number of carbonyl (C=O) groups excluding carboxylic acids is 2. The number of ether oxygens (including phenoxy) is 2. The standard InChI is InChI=1S/C17H22N2O4/c1-17(9-12-10-18-7-6-14(12)23-17)16(21)19-13-5-3-4-11(8-13)15(20)22-2/h3-5,8,12,14,18H,6-7,9-10H2,1-2H3,(H,19,21)/t12-,14+,17-/m0/s1. The molecule has 2 fully saturated rings. The zero-order valence-electron chi connectivity index (χ0n) is 13.4. The Morgan fingerprint density at radius 2 is 2.26 bits per heavy atom. The summed E-state index contributed by atoms with van der Waals surface area (Å²) in [6.45, 7) is 3.66. The second-order valence-corrected chi connectivity index (χ2v) is 6.37. The molecule has 0 aromatic heterocycles. The molecule has 2 aliphatic heterocycles. The Morgan fingerprint density at radius 1 is 1.43 bits per heavy atom. The number of hydrogen-bond acceptors (Lipinski definition) is 5. The Morgan fingerprint density at radius 3 is 3.00 bits per heavy atom. The van der Waals surface area contributed by atoms with Crippen molar-refractivity contribution in [2.45, 2.75) is 31.5 Å². The highest BCUT2D eigenvalue weighted by atomic mass is 16.5. The van der Waals surface area contributed by atoms with Crippen LogP contribution >= 0.6 is 0 Å². The average Bonchev–Trinajstić information content (AvgIpc) is 2.92. The van der Waals surface area contributed by atoms with Gasteiger partial charge in [0.15, 0.2) is 0 Å². The molecule has 3 rings (SSSR count). The zero-order chi connectivity index (χ0) is 16.4. The van der Waals surface area contributed by atoms with Crippen LogP contribution in [0, 0.1) is 5.92 Å². The molecule has 0 aliphatic carbocycles. The minimum absolute atomic E-state index is 0.147. The van der Waals surface area contributed by atoms with Crippen molar-refractivity contribution in [3.05, 3.63) is 29.8 Å². The van der Waals surface area contributed by atoms with Gasteiger partial charge in [-0.1, -0.05) is 6.07 Å². The fourth-order valence-corrected chi connectivity index (χ4v) is 3.39. The Balaban J connectivity index is 1.70. The van der Waals surface area contributed by atoms with Crippen molar-refractivity contribution in [3.8, 4) is 0 Å². The topological polar surface area (TPSA) is 76.7 Å². The molecule has 3 atom stereocenters. The number of hydrogen-bond donors (Lipinski definition) is 2. The fraction of sp³-hybridized carbons (Fsp3) is 0.529. The molecule has 23 heavy (non-hydrogen) atoms. The van der Waals surface area contributed by atoms with E-state index in [1.54, 1.807) is 24.3 Å². The second kappa shape index (κ2) is 6.29. The van der Waals surface area contributed by atoms with Crippen LogP contribution in [-0.4, -0.2) is 43.8 Å². The first kappa shape index (κ1) is 16.0. The highest BCUT2D eigenvalue weighted by Crippen LogP contribution is 2.38. The summed E-state index contributed by atoms with van der Waals surface area (Å²) < 4.78 is 10.7. The van der Waals surface area contributed by atoms with Gasteiger partial charge in [0.2, 0.25) is 0 Å².